The van der Waals surface area contributed by atoms with Crippen molar-refractivity contribution in [2.45, 2.75) is 50.2 Å². The molecule has 1 fully saturated rings. The Labute approximate surface area is 142 Å². The second-order valence-corrected chi connectivity index (χ2v) is 7.69. The van der Waals surface area contributed by atoms with Crippen molar-refractivity contribution < 1.29 is 23.1 Å². The number of ether oxygens (including phenoxy) is 1. The van der Waals surface area contributed by atoms with Gasteiger partial charge in [-0.3, -0.25) is 0 Å². The number of hydrogen-bond acceptors (Lipinski definition) is 5. The predicted molar refractivity (Wildman–Crippen MR) is 90.9 cm³/mol. The Balaban J connectivity index is 2.28. The summed E-state index contributed by atoms with van der Waals surface area (Å²) < 4.78 is 33.3. The van der Waals surface area contributed by atoms with Crippen LogP contribution in [0, 0.1) is 0 Å². The summed E-state index contributed by atoms with van der Waals surface area (Å²) in [6.07, 6.45) is 2.41. The van der Waals surface area contributed by atoms with Crippen molar-refractivity contribution in [2.75, 3.05) is 18.5 Å². The normalized spacial score (nSPS) is 19.2. The molecule has 0 bridgehead atoms. The van der Waals surface area contributed by atoms with E-state index in [4.69, 9.17) is 9.84 Å². The summed E-state index contributed by atoms with van der Waals surface area (Å²) in [6.45, 7) is 4.73. The predicted octanol–water partition coefficient (Wildman–Crippen LogP) is 2.05. The molecule has 0 aliphatic carbocycles. The zero-order valence-electron chi connectivity index (χ0n) is 13.9. The Hall–Kier alpha value is -1.64. The number of aromatic carboxylic acids is 1. The molecule has 1 heterocycles. The third kappa shape index (κ3) is 4.68. The van der Waals surface area contributed by atoms with Gasteiger partial charge in [-0.15, -0.1) is 0 Å². The van der Waals surface area contributed by atoms with Crippen LogP contribution in [0.1, 0.15) is 43.5 Å². The summed E-state index contributed by atoms with van der Waals surface area (Å²) in [7, 11) is -3.84. The molecule has 7 nitrogen and oxygen atoms in total. The van der Waals surface area contributed by atoms with Crippen LogP contribution >= 0.6 is 0 Å². The lowest BCUT2D eigenvalue weighted by Crippen LogP contribution is -2.32. The van der Waals surface area contributed by atoms with Gasteiger partial charge in [-0.25, -0.2) is 17.9 Å². The first-order chi connectivity index (χ1) is 11.3. The van der Waals surface area contributed by atoms with E-state index in [-0.39, 0.29) is 29.1 Å². The van der Waals surface area contributed by atoms with Gasteiger partial charge >= 0.3 is 5.97 Å². The molecular weight excluding hydrogens is 332 g/mol. The van der Waals surface area contributed by atoms with Crippen molar-refractivity contribution in [3.05, 3.63) is 23.8 Å². The summed E-state index contributed by atoms with van der Waals surface area (Å²) in [5, 5.41) is 12.3. The van der Waals surface area contributed by atoms with Crippen LogP contribution in [0.4, 0.5) is 5.69 Å². The molecule has 0 amide bonds. The Morgan fingerprint density at radius 3 is 2.79 bits per heavy atom. The van der Waals surface area contributed by atoms with Crippen molar-refractivity contribution in [3.63, 3.8) is 0 Å². The van der Waals surface area contributed by atoms with Gasteiger partial charge in [-0.05, 0) is 44.4 Å². The molecule has 0 radical (unpaired) electrons. The highest BCUT2D eigenvalue weighted by molar-refractivity contribution is 7.89. The minimum absolute atomic E-state index is 0.0549. The number of benzene rings is 1. The Bertz CT molecular complexity index is 684. The quantitative estimate of drug-likeness (QED) is 0.658. The molecule has 0 unspecified atom stereocenters. The van der Waals surface area contributed by atoms with Crippen molar-refractivity contribution >= 4 is 21.7 Å². The minimum Gasteiger partial charge on any atom is -0.478 e. The van der Waals surface area contributed by atoms with E-state index >= 15 is 0 Å². The van der Waals surface area contributed by atoms with Crippen molar-refractivity contribution in [1.29, 1.82) is 0 Å². The Kier molecular flexibility index (Phi) is 6.20. The lowest BCUT2D eigenvalue weighted by atomic mass is 10.2. The SMILES string of the molecule is CC[C@H](C)Nc1ccc(C(=O)O)cc1S(=O)(=O)NC[C@@H]1CCCO1. The van der Waals surface area contributed by atoms with Crippen LogP contribution < -0.4 is 10.0 Å². The van der Waals surface area contributed by atoms with Crippen molar-refractivity contribution in [2.24, 2.45) is 0 Å². The second kappa shape index (κ2) is 7.96. The first-order valence-corrected chi connectivity index (χ1v) is 9.57. The van der Waals surface area contributed by atoms with Gasteiger partial charge < -0.3 is 15.2 Å². The number of carboxylic acids is 1. The summed E-state index contributed by atoms with van der Waals surface area (Å²) >= 11 is 0. The van der Waals surface area contributed by atoms with Gasteiger partial charge in [-0.1, -0.05) is 6.92 Å². The largest absolute Gasteiger partial charge is 0.478 e. The first kappa shape index (κ1) is 18.7. The molecule has 2 atom stereocenters. The molecule has 1 saturated heterocycles. The molecule has 24 heavy (non-hydrogen) atoms. The highest BCUT2D eigenvalue weighted by Crippen LogP contribution is 2.24. The van der Waals surface area contributed by atoms with E-state index in [2.05, 4.69) is 10.0 Å². The Morgan fingerprint density at radius 2 is 2.21 bits per heavy atom. The van der Waals surface area contributed by atoms with Gasteiger partial charge in [0.05, 0.1) is 17.4 Å². The van der Waals surface area contributed by atoms with E-state index in [1.807, 2.05) is 13.8 Å². The maximum absolute atomic E-state index is 12.7. The molecule has 3 N–H and O–H groups in total. The van der Waals surface area contributed by atoms with Crippen LogP contribution in [0.5, 0.6) is 0 Å². The van der Waals surface area contributed by atoms with E-state index in [0.29, 0.717) is 12.3 Å². The second-order valence-electron chi connectivity index (χ2n) is 5.96. The highest BCUT2D eigenvalue weighted by Gasteiger charge is 2.24. The molecule has 2 rings (SSSR count). The molecule has 8 heteroatoms. The molecule has 0 saturated carbocycles. The van der Waals surface area contributed by atoms with E-state index in [0.717, 1.165) is 19.3 Å². The fourth-order valence-corrected chi connectivity index (χ4v) is 3.71. The maximum Gasteiger partial charge on any atom is 0.335 e. The number of sulfonamides is 1. The number of anilines is 1. The maximum atomic E-state index is 12.7. The van der Waals surface area contributed by atoms with Crippen LogP contribution in [-0.4, -0.2) is 44.8 Å². The van der Waals surface area contributed by atoms with Crippen molar-refractivity contribution in [1.82, 2.24) is 4.72 Å². The molecule has 0 spiro atoms. The monoisotopic (exact) mass is 356 g/mol. The van der Waals surface area contributed by atoms with Gasteiger partial charge in [0.25, 0.3) is 0 Å². The molecular formula is C16H24N2O5S. The summed E-state index contributed by atoms with van der Waals surface area (Å²) in [5.74, 6) is -1.17. The molecule has 1 aromatic rings. The van der Waals surface area contributed by atoms with E-state index in [1.165, 1.54) is 18.2 Å². The fourth-order valence-electron chi connectivity index (χ4n) is 2.45. The average molecular weight is 356 g/mol. The minimum atomic E-state index is -3.84. The number of carboxylic acid groups (broad SMARTS) is 1. The number of rotatable bonds is 8. The van der Waals surface area contributed by atoms with E-state index in [1.54, 1.807) is 0 Å². The Morgan fingerprint density at radius 1 is 1.46 bits per heavy atom. The number of nitrogens with one attached hydrogen (secondary N) is 2. The average Bonchev–Trinajstić information content (AvgIpc) is 3.06. The first-order valence-electron chi connectivity index (χ1n) is 8.08. The van der Waals surface area contributed by atoms with Crippen LogP contribution in [0.25, 0.3) is 0 Å². The third-order valence-electron chi connectivity index (χ3n) is 4.06. The van der Waals surface area contributed by atoms with Crippen LogP contribution in [0.15, 0.2) is 23.1 Å². The molecule has 1 aliphatic heterocycles. The van der Waals surface area contributed by atoms with Crippen LogP contribution in [0.3, 0.4) is 0 Å². The summed E-state index contributed by atoms with van der Waals surface area (Å²) in [6, 6.07) is 4.14. The van der Waals surface area contributed by atoms with Gasteiger partial charge in [0.15, 0.2) is 0 Å². The molecule has 0 aromatic heterocycles. The topological polar surface area (TPSA) is 105 Å². The highest BCUT2D eigenvalue weighted by atomic mass is 32.2. The van der Waals surface area contributed by atoms with Crippen LogP contribution in [0.2, 0.25) is 0 Å². The smallest absolute Gasteiger partial charge is 0.335 e. The zero-order valence-corrected chi connectivity index (χ0v) is 14.7. The zero-order chi connectivity index (χ0) is 17.7. The lowest BCUT2D eigenvalue weighted by Gasteiger charge is -2.18. The van der Waals surface area contributed by atoms with Gasteiger partial charge in [-0.2, -0.15) is 0 Å². The number of hydrogen-bond donors (Lipinski definition) is 3. The number of carbonyl (C=O) groups is 1. The third-order valence-corrected chi connectivity index (χ3v) is 5.52. The summed E-state index contributed by atoms with van der Waals surface area (Å²) in [4.78, 5) is 11.1. The summed E-state index contributed by atoms with van der Waals surface area (Å²) in [5.41, 5.74) is 0.330. The lowest BCUT2D eigenvalue weighted by molar-refractivity contribution is 0.0696. The van der Waals surface area contributed by atoms with Gasteiger partial charge in [0.1, 0.15) is 4.90 Å². The molecule has 134 valence electrons. The van der Waals surface area contributed by atoms with Crippen molar-refractivity contribution in [3.8, 4) is 0 Å². The fraction of sp³-hybridized carbons (Fsp3) is 0.562. The van der Waals surface area contributed by atoms with Crippen LogP contribution in [-0.2, 0) is 14.8 Å². The van der Waals surface area contributed by atoms with Gasteiger partial charge in [0.2, 0.25) is 10.0 Å². The van der Waals surface area contributed by atoms with E-state index in [9.17, 15) is 13.2 Å². The van der Waals surface area contributed by atoms with E-state index < -0.39 is 16.0 Å². The molecule has 1 aliphatic rings. The molecule has 1 aromatic carbocycles. The standard InChI is InChI=1S/C16H24N2O5S/c1-3-11(2)18-14-7-6-12(16(19)20)9-15(14)24(21,22)17-10-13-5-4-8-23-13/h6-7,9,11,13,17-18H,3-5,8,10H2,1-2H3,(H,19,20)/t11-,13-/m0/s1. The van der Waals surface area contributed by atoms with Gasteiger partial charge in [0, 0.05) is 19.2 Å².